The molecule has 0 N–H and O–H groups in total. The van der Waals surface area contributed by atoms with Gasteiger partial charge in [-0.3, -0.25) is 0 Å². The van der Waals surface area contributed by atoms with Gasteiger partial charge in [0.25, 0.3) is 0 Å². The topological polar surface area (TPSA) is 31.8 Å². The molecule has 0 aliphatic carbocycles. The highest BCUT2D eigenvalue weighted by Gasteiger charge is 2.01. The molecule has 0 amide bonds. The van der Waals surface area contributed by atoms with Crippen molar-refractivity contribution in [3.8, 4) is 0 Å². The molecule has 4 heteroatoms. The summed E-state index contributed by atoms with van der Waals surface area (Å²) in [4.78, 5) is 2.08. The fraction of sp³-hybridized carbons (Fsp3) is 0.621. The molecule has 0 aliphatic heterocycles. The number of anilines is 1. The lowest BCUT2D eigenvalue weighted by atomic mass is 10.0. The zero-order valence-corrected chi connectivity index (χ0v) is 21.5. The Labute approximate surface area is 203 Å². The van der Waals surface area contributed by atoms with Crippen molar-refractivity contribution in [3.63, 3.8) is 0 Å². The summed E-state index contributed by atoms with van der Waals surface area (Å²) in [5.41, 5.74) is 2.93. The van der Waals surface area contributed by atoms with Crippen molar-refractivity contribution in [2.45, 2.75) is 103 Å². The molecule has 0 spiro atoms. The van der Waals surface area contributed by atoms with Crippen LogP contribution in [-0.4, -0.2) is 14.1 Å². The zero-order chi connectivity index (χ0) is 23.6. The Hall–Kier alpha value is -2.23. The highest BCUT2D eigenvalue weighted by atomic mass is 15.1. The van der Waals surface area contributed by atoms with E-state index in [1.807, 2.05) is 38.4 Å². The number of aromatic nitrogens is 1. The van der Waals surface area contributed by atoms with E-state index in [9.17, 15) is 0 Å². The Morgan fingerprint density at radius 3 is 1.45 bits per heavy atom. The van der Waals surface area contributed by atoms with Gasteiger partial charge in [0.15, 0.2) is 12.4 Å². The van der Waals surface area contributed by atoms with E-state index >= 15 is 0 Å². The zero-order valence-electron chi connectivity index (χ0n) is 21.5. The van der Waals surface area contributed by atoms with Gasteiger partial charge >= 0.3 is 0 Å². The Balaban J connectivity index is 1.49. The molecular formula is C29H47N4+. The maximum Gasteiger partial charge on any atom is 0.171 e. The minimum absolute atomic E-state index is 0.875. The molecule has 4 nitrogen and oxygen atoms in total. The molecule has 182 valence electrons. The second kappa shape index (κ2) is 17.3. The lowest BCUT2D eigenvalue weighted by molar-refractivity contribution is -0.697. The van der Waals surface area contributed by atoms with Crippen molar-refractivity contribution in [1.82, 2.24) is 0 Å². The molecule has 0 bridgehead atoms. The van der Waals surface area contributed by atoms with Crippen LogP contribution in [0.1, 0.15) is 96.8 Å². The highest BCUT2D eigenvalue weighted by molar-refractivity contribution is 5.51. The van der Waals surface area contributed by atoms with Crippen LogP contribution in [0.25, 0.3) is 0 Å². The molecule has 0 fully saturated rings. The normalized spacial score (nSPS) is 11.4. The number of hydrogen-bond acceptors (Lipinski definition) is 3. The molecule has 0 unspecified atom stereocenters. The van der Waals surface area contributed by atoms with Gasteiger partial charge in [0.1, 0.15) is 6.54 Å². The summed E-state index contributed by atoms with van der Waals surface area (Å²) in [6, 6.07) is 12.2. The smallest absolute Gasteiger partial charge is 0.171 e. The van der Waals surface area contributed by atoms with Crippen LogP contribution in [0.5, 0.6) is 0 Å². The standard InChI is InChI=1S/C29H47N4/c1-4-5-6-7-8-9-10-11-12-13-14-15-16-17-24-33-25-22-28(23-26-33)31-30-27-18-20-29(21-19-27)32(2)3/h18-23,25-26H,4-17,24H2,1-3H3/q+1. The molecule has 1 heterocycles. The van der Waals surface area contributed by atoms with Crippen molar-refractivity contribution >= 4 is 17.1 Å². The molecule has 0 saturated heterocycles. The molecule has 1 aromatic carbocycles. The van der Waals surface area contributed by atoms with Gasteiger partial charge in [0.2, 0.25) is 0 Å². The van der Waals surface area contributed by atoms with Gasteiger partial charge in [0, 0.05) is 38.3 Å². The van der Waals surface area contributed by atoms with Crippen molar-refractivity contribution in [1.29, 1.82) is 0 Å². The van der Waals surface area contributed by atoms with Gasteiger partial charge in [-0.15, -0.1) is 0 Å². The second-order valence-corrected chi connectivity index (χ2v) is 9.50. The average Bonchev–Trinajstić information content (AvgIpc) is 2.84. The molecule has 0 saturated carbocycles. The number of unbranched alkanes of at least 4 members (excludes halogenated alkanes) is 13. The number of azo groups is 1. The van der Waals surface area contributed by atoms with Crippen molar-refractivity contribution < 1.29 is 4.57 Å². The fourth-order valence-corrected chi connectivity index (χ4v) is 4.09. The summed E-state index contributed by atoms with van der Waals surface area (Å²) in [5, 5.41) is 8.71. The predicted molar refractivity (Wildman–Crippen MR) is 142 cm³/mol. The summed E-state index contributed by atoms with van der Waals surface area (Å²) in [7, 11) is 4.07. The number of pyridine rings is 1. The molecule has 33 heavy (non-hydrogen) atoms. The highest BCUT2D eigenvalue weighted by Crippen LogP contribution is 2.20. The van der Waals surface area contributed by atoms with Crippen LogP contribution in [-0.2, 0) is 6.54 Å². The SMILES string of the molecule is CCCCCCCCCCCCCCCC[n+]1ccc(N=Nc2ccc(N(C)C)cc2)cc1. The van der Waals surface area contributed by atoms with Gasteiger partial charge in [-0.05, 0) is 30.7 Å². The van der Waals surface area contributed by atoms with Crippen molar-refractivity contribution in [3.05, 3.63) is 48.8 Å². The Morgan fingerprint density at radius 1 is 0.576 bits per heavy atom. The third-order valence-electron chi connectivity index (χ3n) is 6.29. The molecule has 1 aromatic heterocycles. The van der Waals surface area contributed by atoms with E-state index in [1.165, 1.54) is 95.6 Å². The maximum absolute atomic E-state index is 4.36. The molecule has 2 aromatic rings. The van der Waals surface area contributed by atoms with Crippen LogP contribution in [0.2, 0.25) is 0 Å². The number of benzene rings is 1. The maximum atomic E-state index is 4.36. The Morgan fingerprint density at radius 2 is 1.00 bits per heavy atom. The summed E-state index contributed by atoms with van der Waals surface area (Å²) >= 11 is 0. The first-order chi connectivity index (χ1) is 16.2. The summed E-state index contributed by atoms with van der Waals surface area (Å²) in [6.07, 6.45) is 23.9. The van der Waals surface area contributed by atoms with Gasteiger partial charge in [-0.2, -0.15) is 10.2 Å². The number of rotatable bonds is 18. The van der Waals surface area contributed by atoms with E-state index in [4.69, 9.17) is 0 Å². The van der Waals surface area contributed by atoms with E-state index in [-0.39, 0.29) is 0 Å². The summed E-state index contributed by atoms with van der Waals surface area (Å²) in [5.74, 6) is 0. The van der Waals surface area contributed by atoms with Gasteiger partial charge in [0.05, 0.1) is 11.4 Å². The molecule has 0 atom stereocenters. The largest absolute Gasteiger partial charge is 0.378 e. The monoisotopic (exact) mass is 451 g/mol. The Kier molecular flexibility index (Phi) is 14.1. The van der Waals surface area contributed by atoms with Crippen molar-refractivity contribution in [2.75, 3.05) is 19.0 Å². The number of nitrogens with zero attached hydrogens (tertiary/aromatic N) is 4. The van der Waals surface area contributed by atoms with Gasteiger partial charge in [-0.25, -0.2) is 4.57 Å². The quantitative estimate of drug-likeness (QED) is 0.126. The summed E-state index contributed by atoms with van der Waals surface area (Å²) < 4.78 is 2.26. The third-order valence-corrected chi connectivity index (χ3v) is 6.29. The first-order valence-corrected chi connectivity index (χ1v) is 13.4. The third kappa shape index (κ3) is 12.6. The lowest BCUT2D eigenvalue weighted by Crippen LogP contribution is -2.32. The first kappa shape index (κ1) is 27.0. The minimum atomic E-state index is 0.875. The molecule has 2 rings (SSSR count). The van der Waals surface area contributed by atoms with Gasteiger partial charge < -0.3 is 4.90 Å². The van der Waals surface area contributed by atoms with Crippen LogP contribution in [0, 0.1) is 0 Å². The number of aryl methyl sites for hydroxylation is 1. The van der Waals surface area contributed by atoms with Crippen LogP contribution < -0.4 is 9.47 Å². The van der Waals surface area contributed by atoms with Crippen molar-refractivity contribution in [2.24, 2.45) is 10.2 Å². The predicted octanol–water partition coefficient (Wildman–Crippen LogP) is 8.94. The van der Waals surface area contributed by atoms with Crippen LogP contribution in [0.3, 0.4) is 0 Å². The van der Waals surface area contributed by atoms with Crippen LogP contribution in [0.15, 0.2) is 59.0 Å². The van der Waals surface area contributed by atoms with E-state index in [0.717, 1.165) is 17.9 Å². The van der Waals surface area contributed by atoms with Crippen LogP contribution in [0.4, 0.5) is 17.1 Å². The molecular weight excluding hydrogens is 404 g/mol. The lowest BCUT2D eigenvalue weighted by Gasteiger charge is -2.11. The first-order valence-electron chi connectivity index (χ1n) is 13.4. The fourth-order valence-electron chi connectivity index (χ4n) is 4.09. The molecule has 0 aliphatic rings. The van der Waals surface area contributed by atoms with E-state index in [0.29, 0.717) is 0 Å². The second-order valence-electron chi connectivity index (χ2n) is 9.50. The Bertz CT molecular complexity index is 750. The van der Waals surface area contributed by atoms with Crippen LogP contribution >= 0.6 is 0 Å². The minimum Gasteiger partial charge on any atom is -0.378 e. The average molecular weight is 452 g/mol. The van der Waals surface area contributed by atoms with Gasteiger partial charge in [-0.1, -0.05) is 84.0 Å². The van der Waals surface area contributed by atoms with E-state index < -0.39 is 0 Å². The molecule has 0 radical (unpaired) electrons. The van der Waals surface area contributed by atoms with E-state index in [2.05, 4.69) is 51.1 Å². The number of hydrogen-bond donors (Lipinski definition) is 0. The summed E-state index contributed by atoms with van der Waals surface area (Å²) in [6.45, 7) is 3.37. The van der Waals surface area contributed by atoms with E-state index in [1.54, 1.807) is 0 Å².